The number of hydrogen-bond donors (Lipinski definition) is 1. The second-order valence-corrected chi connectivity index (χ2v) is 6.85. The van der Waals surface area contributed by atoms with Crippen LogP contribution in [-0.2, 0) is 4.74 Å². The third kappa shape index (κ3) is 3.85. The van der Waals surface area contributed by atoms with Crippen molar-refractivity contribution in [3.05, 3.63) is 83.4 Å². The van der Waals surface area contributed by atoms with Crippen molar-refractivity contribution in [3.63, 3.8) is 0 Å². The first-order valence-electron chi connectivity index (χ1n) is 9.74. The highest BCUT2D eigenvalue weighted by Crippen LogP contribution is 2.39. The average Bonchev–Trinajstić information content (AvgIpc) is 2.92. The Morgan fingerprint density at radius 2 is 1.68 bits per heavy atom. The van der Waals surface area contributed by atoms with Gasteiger partial charge >= 0.3 is 5.97 Å². The Morgan fingerprint density at radius 1 is 0.968 bits per heavy atom. The molecular formula is C24H20N2O5. The molecule has 3 aromatic rings. The van der Waals surface area contributed by atoms with E-state index in [0.717, 1.165) is 0 Å². The van der Waals surface area contributed by atoms with Gasteiger partial charge < -0.3 is 19.7 Å². The number of carbonyl (C=O) groups excluding carboxylic acids is 3. The molecule has 4 rings (SSSR count). The molecule has 156 valence electrons. The maximum Gasteiger partial charge on any atom is 0.337 e. The molecule has 0 saturated carbocycles. The van der Waals surface area contributed by atoms with Crippen LogP contribution in [0.15, 0.2) is 66.7 Å². The van der Waals surface area contributed by atoms with Crippen molar-refractivity contribution in [2.75, 3.05) is 23.9 Å². The molecule has 0 bridgehead atoms. The van der Waals surface area contributed by atoms with Gasteiger partial charge in [-0.1, -0.05) is 12.1 Å². The number of benzene rings is 3. The maximum atomic E-state index is 13.2. The smallest absolute Gasteiger partial charge is 0.337 e. The molecule has 1 N–H and O–H groups in total. The Balaban J connectivity index is 1.60. The number of esters is 1. The number of para-hydroxylation sites is 2. The first-order valence-corrected chi connectivity index (χ1v) is 9.74. The molecule has 3 aromatic carbocycles. The summed E-state index contributed by atoms with van der Waals surface area (Å²) in [5.41, 5.74) is 2.23. The Hall–Kier alpha value is -4.13. The molecular weight excluding hydrogens is 396 g/mol. The highest BCUT2D eigenvalue weighted by Gasteiger charge is 2.27. The van der Waals surface area contributed by atoms with Crippen molar-refractivity contribution in [2.45, 2.75) is 6.92 Å². The lowest BCUT2D eigenvalue weighted by atomic mass is 10.1. The van der Waals surface area contributed by atoms with Gasteiger partial charge in [-0.05, 0) is 61.5 Å². The van der Waals surface area contributed by atoms with E-state index < -0.39 is 5.97 Å². The molecule has 31 heavy (non-hydrogen) atoms. The fraction of sp³-hybridized carbons (Fsp3) is 0.125. The van der Waals surface area contributed by atoms with Gasteiger partial charge in [-0.3, -0.25) is 9.59 Å². The van der Waals surface area contributed by atoms with Crippen molar-refractivity contribution in [1.82, 2.24) is 0 Å². The van der Waals surface area contributed by atoms with Gasteiger partial charge in [-0.15, -0.1) is 0 Å². The van der Waals surface area contributed by atoms with Gasteiger partial charge in [0, 0.05) is 17.8 Å². The van der Waals surface area contributed by atoms with E-state index >= 15 is 0 Å². The molecule has 0 fully saturated rings. The molecule has 1 heterocycles. The first kappa shape index (κ1) is 20.2. The van der Waals surface area contributed by atoms with Crippen LogP contribution in [0.25, 0.3) is 0 Å². The fourth-order valence-electron chi connectivity index (χ4n) is 3.40. The Bertz CT molecular complexity index is 1170. The summed E-state index contributed by atoms with van der Waals surface area (Å²) in [5, 5.41) is 2.78. The van der Waals surface area contributed by atoms with Crippen LogP contribution in [0.4, 0.5) is 11.4 Å². The van der Waals surface area contributed by atoms with E-state index in [2.05, 4.69) is 10.1 Å². The minimum atomic E-state index is -0.474. The molecule has 2 amide bonds. The number of hydrogen-bond acceptors (Lipinski definition) is 5. The van der Waals surface area contributed by atoms with Gasteiger partial charge in [0.2, 0.25) is 0 Å². The molecule has 0 aliphatic carbocycles. The van der Waals surface area contributed by atoms with E-state index in [4.69, 9.17) is 4.74 Å². The van der Waals surface area contributed by atoms with Crippen molar-refractivity contribution < 1.29 is 23.9 Å². The number of ether oxygens (including phenoxy) is 2. The lowest BCUT2D eigenvalue weighted by Crippen LogP contribution is -2.29. The lowest BCUT2D eigenvalue weighted by Gasteiger charge is -2.19. The summed E-state index contributed by atoms with van der Waals surface area (Å²) in [6.07, 6.45) is 0. The van der Waals surface area contributed by atoms with E-state index in [1.54, 1.807) is 23.1 Å². The van der Waals surface area contributed by atoms with Crippen LogP contribution in [0.3, 0.4) is 0 Å². The molecule has 1 aliphatic rings. The summed E-state index contributed by atoms with van der Waals surface area (Å²) in [7, 11) is 1.30. The van der Waals surface area contributed by atoms with Crippen LogP contribution < -0.4 is 15.0 Å². The molecule has 0 saturated heterocycles. The molecule has 0 atom stereocenters. The maximum absolute atomic E-state index is 13.2. The zero-order valence-corrected chi connectivity index (χ0v) is 17.0. The van der Waals surface area contributed by atoms with Crippen LogP contribution in [-0.4, -0.2) is 31.4 Å². The van der Waals surface area contributed by atoms with Crippen LogP contribution >= 0.6 is 0 Å². The number of amides is 2. The topological polar surface area (TPSA) is 84.9 Å². The SMILES string of the molecule is CCN1C(=O)c2cc(NC(=O)c3ccc(C(=O)OC)cc3)ccc2Oc2ccccc21. The normalized spacial score (nSPS) is 12.2. The van der Waals surface area contributed by atoms with Crippen molar-refractivity contribution in [1.29, 1.82) is 0 Å². The van der Waals surface area contributed by atoms with E-state index in [1.165, 1.54) is 31.4 Å². The number of methoxy groups -OCH3 is 1. The Kier molecular flexibility index (Phi) is 5.41. The van der Waals surface area contributed by atoms with Crippen LogP contribution in [0.2, 0.25) is 0 Å². The first-order chi connectivity index (χ1) is 15.0. The third-order valence-corrected chi connectivity index (χ3v) is 4.97. The quantitative estimate of drug-likeness (QED) is 0.633. The molecule has 0 unspecified atom stereocenters. The largest absolute Gasteiger partial charge is 0.465 e. The highest BCUT2D eigenvalue weighted by atomic mass is 16.5. The van der Waals surface area contributed by atoms with Crippen LogP contribution in [0.1, 0.15) is 38.0 Å². The summed E-state index contributed by atoms with van der Waals surface area (Å²) < 4.78 is 10.6. The monoisotopic (exact) mass is 416 g/mol. The summed E-state index contributed by atoms with van der Waals surface area (Å²) in [6.45, 7) is 2.37. The summed E-state index contributed by atoms with van der Waals surface area (Å²) in [5.74, 6) is -0.0274. The molecule has 1 aliphatic heterocycles. The van der Waals surface area contributed by atoms with Gasteiger partial charge in [0.05, 0.1) is 23.9 Å². The lowest BCUT2D eigenvalue weighted by molar-refractivity contribution is 0.0600. The second-order valence-electron chi connectivity index (χ2n) is 6.85. The molecule has 7 nitrogen and oxygen atoms in total. The van der Waals surface area contributed by atoms with Crippen LogP contribution in [0, 0.1) is 0 Å². The predicted molar refractivity (Wildman–Crippen MR) is 116 cm³/mol. The van der Waals surface area contributed by atoms with Gasteiger partial charge in [0.25, 0.3) is 11.8 Å². The minimum absolute atomic E-state index is 0.207. The molecule has 0 radical (unpaired) electrons. The molecule has 0 spiro atoms. The van der Waals surface area contributed by atoms with Crippen molar-refractivity contribution in [2.24, 2.45) is 0 Å². The highest BCUT2D eigenvalue weighted by molar-refractivity contribution is 6.11. The number of fused-ring (bicyclic) bond motifs is 2. The zero-order chi connectivity index (χ0) is 22.0. The van der Waals surface area contributed by atoms with Crippen molar-refractivity contribution in [3.8, 4) is 11.5 Å². The number of anilines is 2. The van der Waals surface area contributed by atoms with E-state index in [-0.39, 0.29) is 11.8 Å². The summed E-state index contributed by atoms with van der Waals surface area (Å²) in [4.78, 5) is 39.0. The van der Waals surface area contributed by atoms with E-state index in [9.17, 15) is 14.4 Å². The molecule has 0 aromatic heterocycles. The number of nitrogens with one attached hydrogen (secondary N) is 1. The van der Waals surface area contributed by atoms with E-state index in [0.29, 0.717) is 46.1 Å². The fourth-order valence-corrected chi connectivity index (χ4v) is 3.40. The molecule has 7 heteroatoms. The second kappa shape index (κ2) is 8.31. The third-order valence-electron chi connectivity index (χ3n) is 4.97. The Morgan fingerprint density at radius 3 is 2.39 bits per heavy atom. The van der Waals surface area contributed by atoms with Gasteiger partial charge in [0.1, 0.15) is 5.75 Å². The summed E-state index contributed by atoms with van der Waals surface area (Å²) in [6, 6.07) is 18.4. The number of carbonyl (C=O) groups is 3. The average molecular weight is 416 g/mol. The number of nitrogens with zero attached hydrogens (tertiary/aromatic N) is 1. The standard InChI is InChI=1S/C24H20N2O5/c1-3-26-19-6-4-5-7-21(19)31-20-13-12-17(14-18(20)23(26)28)25-22(27)15-8-10-16(11-9-15)24(29)30-2/h4-14H,3H2,1-2H3,(H,25,27). The van der Waals surface area contributed by atoms with Crippen molar-refractivity contribution >= 4 is 29.2 Å². The number of rotatable bonds is 4. The predicted octanol–water partition coefficient (Wildman–Crippen LogP) is 4.50. The van der Waals surface area contributed by atoms with Gasteiger partial charge in [-0.25, -0.2) is 4.79 Å². The van der Waals surface area contributed by atoms with Crippen LogP contribution in [0.5, 0.6) is 11.5 Å². The van der Waals surface area contributed by atoms with E-state index in [1.807, 2.05) is 31.2 Å². The summed E-state index contributed by atoms with van der Waals surface area (Å²) >= 11 is 0. The zero-order valence-electron chi connectivity index (χ0n) is 17.0. The Labute approximate surface area is 179 Å². The van der Waals surface area contributed by atoms with Gasteiger partial charge in [0.15, 0.2) is 5.75 Å². The minimum Gasteiger partial charge on any atom is -0.465 e. The van der Waals surface area contributed by atoms with Gasteiger partial charge in [-0.2, -0.15) is 0 Å².